The molecule has 0 heterocycles. The van der Waals surface area contributed by atoms with E-state index < -0.39 is 17.9 Å². The Morgan fingerprint density at radius 3 is 1.86 bits per heavy atom. The molecule has 0 aliphatic carbocycles. The number of carbonyl (C=O) groups is 2. The van der Waals surface area contributed by atoms with Crippen LogP contribution in [0.1, 0.15) is 84.5 Å². The van der Waals surface area contributed by atoms with Crippen molar-refractivity contribution >= 4 is 11.9 Å². The Morgan fingerprint density at radius 1 is 0.905 bits per heavy atom. The maximum atomic E-state index is 11.3. The molecule has 0 aromatic rings. The summed E-state index contributed by atoms with van der Waals surface area (Å²) < 4.78 is 5.03. The number of carboxylic acids is 1. The summed E-state index contributed by atoms with van der Waals surface area (Å²) in [6.07, 6.45) is 12.4. The Labute approximate surface area is 129 Å². The third kappa shape index (κ3) is 13.7. The minimum Gasteiger partial charge on any atom is -0.481 e. The number of carbonyl (C=O) groups excluding carboxylic acids is 1. The first-order valence-corrected chi connectivity index (χ1v) is 8.46. The monoisotopic (exact) mass is 300 g/mol. The molecule has 0 fully saturated rings. The highest BCUT2D eigenvalue weighted by molar-refractivity contribution is 5.78. The van der Waals surface area contributed by atoms with Gasteiger partial charge in [-0.05, 0) is 6.42 Å². The first-order valence-electron chi connectivity index (χ1n) is 8.46. The van der Waals surface area contributed by atoms with Crippen LogP contribution in [-0.2, 0) is 14.3 Å². The number of unbranched alkanes of at least 4 members (excludes halogenated alkanes) is 9. The number of rotatable bonds is 14. The second kappa shape index (κ2) is 13.9. The number of aliphatic carboxylic acids is 1. The Bertz CT molecular complexity index is 276. The largest absolute Gasteiger partial charge is 0.481 e. The maximum Gasteiger partial charge on any atom is 0.306 e. The Balaban J connectivity index is 3.25. The van der Waals surface area contributed by atoms with Crippen molar-refractivity contribution in [1.29, 1.82) is 0 Å². The lowest BCUT2D eigenvalue weighted by atomic mass is 10.1. The molecule has 0 saturated heterocycles. The average molecular weight is 300 g/mol. The van der Waals surface area contributed by atoms with Gasteiger partial charge in [0.15, 0.2) is 0 Å². The summed E-state index contributed by atoms with van der Waals surface area (Å²) in [7, 11) is 0. The number of esters is 1. The molecule has 4 nitrogen and oxygen atoms in total. The summed E-state index contributed by atoms with van der Waals surface area (Å²) in [5.74, 6) is -2.02. The lowest BCUT2D eigenvalue weighted by Gasteiger charge is -2.07. The van der Waals surface area contributed by atoms with Crippen LogP contribution < -0.4 is 0 Å². The SMILES string of the molecule is CCCCCCCCCCCCOC(=O)CC(C)C(=O)O. The fourth-order valence-corrected chi connectivity index (χ4v) is 2.17. The van der Waals surface area contributed by atoms with Gasteiger partial charge in [-0.15, -0.1) is 0 Å². The molecule has 21 heavy (non-hydrogen) atoms. The second-order valence-electron chi connectivity index (χ2n) is 5.85. The Morgan fingerprint density at radius 2 is 1.38 bits per heavy atom. The lowest BCUT2D eigenvalue weighted by Crippen LogP contribution is -2.16. The predicted molar refractivity (Wildman–Crippen MR) is 84.2 cm³/mol. The van der Waals surface area contributed by atoms with Crippen molar-refractivity contribution in [2.45, 2.75) is 84.5 Å². The molecule has 4 heteroatoms. The molecule has 0 rings (SSSR count). The number of carboxylic acid groups (broad SMARTS) is 1. The second-order valence-corrected chi connectivity index (χ2v) is 5.85. The lowest BCUT2D eigenvalue weighted by molar-refractivity contribution is -0.151. The van der Waals surface area contributed by atoms with E-state index >= 15 is 0 Å². The number of ether oxygens (including phenoxy) is 1. The van der Waals surface area contributed by atoms with Crippen LogP contribution in [0.4, 0.5) is 0 Å². The fourth-order valence-electron chi connectivity index (χ4n) is 2.17. The zero-order valence-electron chi connectivity index (χ0n) is 13.7. The van der Waals surface area contributed by atoms with Gasteiger partial charge in [0.25, 0.3) is 0 Å². The van der Waals surface area contributed by atoms with Gasteiger partial charge in [0.05, 0.1) is 18.9 Å². The van der Waals surface area contributed by atoms with Gasteiger partial charge in [-0.3, -0.25) is 9.59 Å². The van der Waals surface area contributed by atoms with E-state index in [1.54, 1.807) is 0 Å². The summed E-state index contributed by atoms with van der Waals surface area (Å²) in [6.45, 7) is 4.17. The molecular weight excluding hydrogens is 268 g/mol. The zero-order chi connectivity index (χ0) is 15.9. The molecule has 1 N–H and O–H groups in total. The predicted octanol–water partition coefficient (Wildman–Crippen LogP) is 4.56. The van der Waals surface area contributed by atoms with Crippen molar-refractivity contribution in [3.05, 3.63) is 0 Å². The standard InChI is InChI=1S/C17H32O4/c1-3-4-5-6-7-8-9-10-11-12-13-21-16(18)14-15(2)17(19)20/h15H,3-14H2,1-2H3,(H,19,20). The third-order valence-electron chi connectivity index (χ3n) is 3.66. The third-order valence-corrected chi connectivity index (χ3v) is 3.66. The van der Waals surface area contributed by atoms with Gasteiger partial charge >= 0.3 is 11.9 Å². The zero-order valence-corrected chi connectivity index (χ0v) is 13.7. The summed E-state index contributed by atoms with van der Waals surface area (Å²) >= 11 is 0. The van der Waals surface area contributed by atoms with Gasteiger partial charge in [0, 0.05) is 0 Å². The number of hydrogen-bond acceptors (Lipinski definition) is 3. The van der Waals surface area contributed by atoms with E-state index in [2.05, 4.69) is 6.92 Å². The molecule has 1 atom stereocenters. The van der Waals surface area contributed by atoms with Crippen molar-refractivity contribution in [3.8, 4) is 0 Å². The highest BCUT2D eigenvalue weighted by Crippen LogP contribution is 2.10. The van der Waals surface area contributed by atoms with Crippen LogP contribution in [0.15, 0.2) is 0 Å². The molecular formula is C17H32O4. The maximum absolute atomic E-state index is 11.3. The molecule has 1 unspecified atom stereocenters. The summed E-state index contributed by atoms with van der Waals surface area (Å²) in [6, 6.07) is 0. The van der Waals surface area contributed by atoms with Gasteiger partial charge in [0.2, 0.25) is 0 Å². The van der Waals surface area contributed by atoms with Gasteiger partial charge in [0.1, 0.15) is 0 Å². The minimum absolute atomic E-state index is 0.0346. The van der Waals surface area contributed by atoms with Gasteiger partial charge in [-0.25, -0.2) is 0 Å². The van der Waals surface area contributed by atoms with Crippen LogP contribution in [0.3, 0.4) is 0 Å². The molecule has 0 radical (unpaired) electrons. The van der Waals surface area contributed by atoms with Crippen molar-refractivity contribution in [2.24, 2.45) is 5.92 Å². The van der Waals surface area contributed by atoms with Gasteiger partial charge < -0.3 is 9.84 Å². The molecule has 0 amide bonds. The van der Waals surface area contributed by atoms with Crippen molar-refractivity contribution in [1.82, 2.24) is 0 Å². The highest BCUT2D eigenvalue weighted by atomic mass is 16.5. The van der Waals surface area contributed by atoms with Crippen LogP contribution in [0.2, 0.25) is 0 Å². The molecule has 0 aliphatic rings. The van der Waals surface area contributed by atoms with E-state index in [-0.39, 0.29) is 6.42 Å². The molecule has 0 aromatic heterocycles. The first kappa shape index (κ1) is 19.9. The van der Waals surface area contributed by atoms with E-state index in [1.165, 1.54) is 58.3 Å². The average Bonchev–Trinajstić information content (AvgIpc) is 2.44. The topological polar surface area (TPSA) is 63.6 Å². The molecule has 0 aliphatic heterocycles. The van der Waals surface area contributed by atoms with Gasteiger partial charge in [-0.1, -0.05) is 71.6 Å². The van der Waals surface area contributed by atoms with Crippen LogP contribution in [-0.4, -0.2) is 23.7 Å². The van der Waals surface area contributed by atoms with E-state index in [0.29, 0.717) is 6.61 Å². The number of hydrogen-bond donors (Lipinski definition) is 1. The summed E-state index contributed by atoms with van der Waals surface area (Å²) in [5, 5.41) is 8.68. The van der Waals surface area contributed by atoms with Crippen molar-refractivity contribution < 1.29 is 19.4 Å². The Hall–Kier alpha value is -1.06. The molecule has 0 bridgehead atoms. The normalized spacial score (nSPS) is 12.1. The minimum atomic E-state index is -0.953. The molecule has 0 spiro atoms. The van der Waals surface area contributed by atoms with Crippen LogP contribution in [0, 0.1) is 5.92 Å². The quantitative estimate of drug-likeness (QED) is 0.377. The summed E-state index contributed by atoms with van der Waals surface area (Å²) in [4.78, 5) is 21.9. The van der Waals surface area contributed by atoms with E-state index in [4.69, 9.17) is 9.84 Å². The van der Waals surface area contributed by atoms with Gasteiger partial charge in [-0.2, -0.15) is 0 Å². The molecule has 124 valence electrons. The Kier molecular flexibility index (Phi) is 13.2. The van der Waals surface area contributed by atoms with E-state index in [1.807, 2.05) is 0 Å². The van der Waals surface area contributed by atoms with E-state index in [0.717, 1.165) is 12.8 Å². The fraction of sp³-hybridized carbons (Fsp3) is 0.882. The summed E-state index contributed by atoms with van der Waals surface area (Å²) in [5.41, 5.74) is 0. The van der Waals surface area contributed by atoms with Crippen LogP contribution >= 0.6 is 0 Å². The smallest absolute Gasteiger partial charge is 0.306 e. The van der Waals surface area contributed by atoms with Crippen LogP contribution in [0.25, 0.3) is 0 Å². The van der Waals surface area contributed by atoms with Crippen molar-refractivity contribution in [2.75, 3.05) is 6.61 Å². The van der Waals surface area contributed by atoms with Crippen molar-refractivity contribution in [3.63, 3.8) is 0 Å². The first-order chi connectivity index (χ1) is 10.1. The highest BCUT2D eigenvalue weighted by Gasteiger charge is 2.16. The molecule has 0 saturated carbocycles. The van der Waals surface area contributed by atoms with E-state index in [9.17, 15) is 9.59 Å². The molecule has 0 aromatic carbocycles. The van der Waals surface area contributed by atoms with Crippen LogP contribution in [0.5, 0.6) is 0 Å².